The van der Waals surface area contributed by atoms with Crippen molar-refractivity contribution in [3.05, 3.63) is 12.7 Å². The largest absolute Gasteiger partial charge is 0.442 e. The highest BCUT2D eigenvalue weighted by Gasteiger charge is 2.31. The summed E-state index contributed by atoms with van der Waals surface area (Å²) >= 11 is -0.218. The van der Waals surface area contributed by atoms with E-state index in [-0.39, 0.29) is 18.3 Å². The highest BCUT2D eigenvalue weighted by atomic mass is 32.2. The van der Waals surface area contributed by atoms with Crippen LogP contribution in [0.4, 0.5) is 13.2 Å². The topological polar surface area (TPSA) is 29.1 Å². The van der Waals surface area contributed by atoms with Gasteiger partial charge in [0.15, 0.2) is 0 Å². The molecule has 0 saturated heterocycles. The molecule has 0 aliphatic rings. The number of alkyl halides is 3. The van der Waals surface area contributed by atoms with E-state index in [1.54, 1.807) is 0 Å². The van der Waals surface area contributed by atoms with E-state index < -0.39 is 10.8 Å². The minimum absolute atomic E-state index is 0.114. The van der Waals surface area contributed by atoms with Crippen molar-refractivity contribution in [2.24, 2.45) is 0 Å². The number of amides is 1. The van der Waals surface area contributed by atoms with Gasteiger partial charge in [0.2, 0.25) is 0 Å². The Morgan fingerprint density at radius 1 is 1.67 bits per heavy atom. The molecule has 0 aliphatic heterocycles. The van der Waals surface area contributed by atoms with Gasteiger partial charge in [-0.3, -0.25) is 4.79 Å². The van der Waals surface area contributed by atoms with Gasteiger partial charge < -0.3 is 5.32 Å². The third-order valence-electron chi connectivity index (χ3n) is 0.923. The predicted molar refractivity (Wildman–Crippen MR) is 41.3 cm³/mol. The highest BCUT2D eigenvalue weighted by Crippen LogP contribution is 2.33. The second kappa shape index (κ2) is 5.08. The summed E-state index contributed by atoms with van der Waals surface area (Å²) in [5.41, 5.74) is -4.30. The van der Waals surface area contributed by atoms with Crippen LogP contribution in [0, 0.1) is 0 Å². The zero-order chi connectivity index (χ0) is 9.61. The minimum atomic E-state index is -4.30. The molecule has 12 heavy (non-hydrogen) atoms. The normalized spacial score (nSPS) is 13.6. The molecule has 2 nitrogen and oxygen atoms in total. The first-order valence-corrected chi connectivity index (χ1v) is 3.84. The van der Waals surface area contributed by atoms with Gasteiger partial charge in [-0.05, 0) is 11.8 Å². The lowest BCUT2D eigenvalue weighted by Crippen LogP contribution is -2.24. The van der Waals surface area contributed by atoms with Crippen molar-refractivity contribution in [2.75, 3.05) is 6.54 Å². The third-order valence-corrected chi connectivity index (χ3v) is 1.85. The summed E-state index contributed by atoms with van der Waals surface area (Å²) in [5.74, 6) is 0. The van der Waals surface area contributed by atoms with Crippen molar-refractivity contribution in [3.63, 3.8) is 0 Å². The summed E-state index contributed by atoms with van der Waals surface area (Å²) in [6.07, 6.45) is 2.42. The van der Waals surface area contributed by atoms with Crippen LogP contribution in [-0.4, -0.2) is 23.7 Å². The van der Waals surface area contributed by atoms with Crippen LogP contribution in [0.3, 0.4) is 0 Å². The monoisotopic (exact) mass is 198 g/mol. The van der Waals surface area contributed by atoms with Gasteiger partial charge in [0, 0.05) is 11.8 Å². The van der Waals surface area contributed by atoms with E-state index in [9.17, 15) is 18.0 Å². The molecule has 0 rings (SSSR count). The quantitative estimate of drug-likeness (QED) is 0.535. The second-order valence-electron chi connectivity index (χ2n) is 1.82. The first-order chi connectivity index (χ1) is 5.49. The van der Waals surface area contributed by atoms with Crippen molar-refractivity contribution in [1.82, 2.24) is 5.32 Å². The Morgan fingerprint density at radius 2 is 2.25 bits per heavy atom. The molecule has 0 fully saturated rings. The zero-order valence-corrected chi connectivity index (χ0v) is 6.84. The number of thioether (sulfide) groups is 1. The fourth-order valence-corrected chi connectivity index (χ4v) is 1.09. The number of carbonyl (C=O) groups excluding carboxylic acids is 1. The summed E-state index contributed by atoms with van der Waals surface area (Å²) in [6.45, 7) is 3.09. The van der Waals surface area contributed by atoms with Gasteiger partial charge in [0.1, 0.15) is 0 Å². The van der Waals surface area contributed by atoms with Crippen LogP contribution in [0.1, 0.15) is 0 Å². The average molecular weight is 198 g/mol. The summed E-state index contributed by atoms with van der Waals surface area (Å²) in [4.78, 5) is 9.63. The van der Waals surface area contributed by atoms with Crippen LogP contribution in [0.2, 0.25) is 0 Å². The lowest BCUT2D eigenvalue weighted by Gasteiger charge is -2.12. The molecule has 0 aliphatic carbocycles. The zero-order valence-electron chi connectivity index (χ0n) is 6.02. The number of hydrogen-bond acceptors (Lipinski definition) is 2. The summed E-state index contributed by atoms with van der Waals surface area (Å²) in [7, 11) is 0. The lowest BCUT2D eigenvalue weighted by atomic mass is 10.4. The Bertz CT molecular complexity index is 159. The molecule has 0 aromatic rings. The molecule has 0 spiro atoms. The van der Waals surface area contributed by atoms with Crippen LogP contribution in [0.5, 0.6) is 0 Å². The Kier molecular flexibility index (Phi) is 4.80. The van der Waals surface area contributed by atoms with Gasteiger partial charge in [-0.15, -0.1) is 6.58 Å². The molecule has 0 bridgehead atoms. The molecule has 0 heterocycles. The average Bonchev–Trinajstić information content (AvgIpc) is 1.95. The van der Waals surface area contributed by atoms with E-state index in [0.29, 0.717) is 0 Å². The molecular formula is C6H7F3NOS. The van der Waals surface area contributed by atoms with Gasteiger partial charge in [0.25, 0.3) is 0 Å². The number of nitrogens with one attached hydrogen (secondary N) is 1. The standard InChI is InChI=1S/C6H7F3NOS/c1-2-5(3-10-4-11)12-6(7,8)9/h2,5H,1,3H2,(H,10,11). The van der Waals surface area contributed by atoms with Crippen molar-refractivity contribution >= 4 is 18.2 Å². The fraction of sp³-hybridized carbons (Fsp3) is 0.500. The smallest absolute Gasteiger partial charge is 0.346 e. The van der Waals surface area contributed by atoms with Crippen molar-refractivity contribution in [2.45, 2.75) is 10.8 Å². The highest BCUT2D eigenvalue weighted by molar-refractivity contribution is 8.00. The summed E-state index contributed by atoms with van der Waals surface area (Å²) < 4.78 is 35.1. The van der Waals surface area contributed by atoms with Crippen molar-refractivity contribution in [1.29, 1.82) is 0 Å². The predicted octanol–water partition coefficient (Wildman–Crippen LogP) is 1.45. The molecule has 0 saturated carbocycles. The maximum Gasteiger partial charge on any atom is 0.442 e. The van der Waals surface area contributed by atoms with Gasteiger partial charge in [-0.25, -0.2) is 0 Å². The lowest BCUT2D eigenvalue weighted by molar-refractivity contribution is -0.0331. The Balaban J connectivity index is 3.82. The van der Waals surface area contributed by atoms with E-state index >= 15 is 0 Å². The molecule has 1 N–H and O–H groups in total. The van der Waals surface area contributed by atoms with Crippen LogP contribution >= 0.6 is 11.8 Å². The molecule has 0 aromatic carbocycles. The van der Waals surface area contributed by atoms with Gasteiger partial charge in [-0.1, -0.05) is 6.08 Å². The van der Waals surface area contributed by atoms with E-state index in [2.05, 4.69) is 6.58 Å². The maximum atomic E-state index is 11.7. The van der Waals surface area contributed by atoms with Crippen molar-refractivity contribution < 1.29 is 18.0 Å². The minimum Gasteiger partial charge on any atom is -0.346 e. The first kappa shape index (κ1) is 11.4. The third kappa shape index (κ3) is 6.09. The second-order valence-corrected chi connectivity index (χ2v) is 3.12. The van der Waals surface area contributed by atoms with E-state index in [1.807, 2.05) is 5.32 Å². The molecule has 69 valence electrons. The molecule has 1 radical (unpaired) electrons. The molecule has 1 atom stereocenters. The number of rotatable bonds is 5. The Hall–Kier alpha value is -0.650. The fourth-order valence-electron chi connectivity index (χ4n) is 0.487. The summed E-state index contributed by atoms with van der Waals surface area (Å²) in [5, 5.41) is 1.17. The van der Waals surface area contributed by atoms with E-state index in [1.165, 1.54) is 6.41 Å². The Labute approximate surface area is 72.2 Å². The van der Waals surface area contributed by atoms with Crippen molar-refractivity contribution in [3.8, 4) is 0 Å². The van der Waals surface area contributed by atoms with Gasteiger partial charge >= 0.3 is 11.9 Å². The molecule has 1 unspecified atom stereocenters. The Morgan fingerprint density at radius 3 is 2.58 bits per heavy atom. The SMILES string of the molecule is C=CC(CN[C]=O)SC(F)(F)F. The maximum absolute atomic E-state index is 11.7. The van der Waals surface area contributed by atoms with E-state index in [0.717, 1.165) is 6.08 Å². The van der Waals surface area contributed by atoms with Crippen LogP contribution in [0.15, 0.2) is 12.7 Å². The van der Waals surface area contributed by atoms with Crippen LogP contribution in [-0.2, 0) is 4.79 Å². The molecule has 6 heteroatoms. The van der Waals surface area contributed by atoms with Crippen LogP contribution in [0.25, 0.3) is 0 Å². The molecular weight excluding hydrogens is 191 g/mol. The molecule has 0 aromatic heterocycles. The number of halogens is 3. The van der Waals surface area contributed by atoms with Crippen LogP contribution < -0.4 is 5.32 Å². The molecule has 1 amide bonds. The summed E-state index contributed by atoms with van der Waals surface area (Å²) in [6, 6.07) is 0. The van der Waals surface area contributed by atoms with E-state index in [4.69, 9.17) is 0 Å². The van der Waals surface area contributed by atoms with Gasteiger partial charge in [0.05, 0.1) is 0 Å². The van der Waals surface area contributed by atoms with Gasteiger partial charge in [-0.2, -0.15) is 13.2 Å². The first-order valence-electron chi connectivity index (χ1n) is 2.96. The number of hydrogen-bond donors (Lipinski definition) is 1.